The Morgan fingerprint density at radius 1 is 1.00 bits per heavy atom. The summed E-state index contributed by atoms with van der Waals surface area (Å²) in [7, 11) is 0. The van der Waals surface area contributed by atoms with Crippen LogP contribution in [0.15, 0.2) is 42.5 Å². The lowest BCUT2D eigenvalue weighted by atomic mass is 9.62. The fraction of sp³-hybridized carbons (Fsp3) is 0.478. The summed E-state index contributed by atoms with van der Waals surface area (Å²) in [6.45, 7) is 20.3. The molecule has 0 saturated heterocycles. The first-order valence-corrected chi connectivity index (χ1v) is 8.78. The van der Waals surface area contributed by atoms with Crippen molar-refractivity contribution in [3.8, 4) is 0 Å². The van der Waals surface area contributed by atoms with Crippen molar-refractivity contribution >= 4 is 5.57 Å². The van der Waals surface area contributed by atoms with Gasteiger partial charge < -0.3 is 0 Å². The van der Waals surface area contributed by atoms with Gasteiger partial charge in [0.15, 0.2) is 0 Å². The molecular formula is C23H32. The minimum absolute atomic E-state index is 0.240. The van der Waals surface area contributed by atoms with Crippen LogP contribution >= 0.6 is 0 Å². The summed E-state index contributed by atoms with van der Waals surface area (Å²) in [5.74, 6) is 0. The van der Waals surface area contributed by atoms with Crippen LogP contribution in [0.3, 0.4) is 0 Å². The maximum atomic E-state index is 4.39. The molecule has 2 rings (SSSR count). The fourth-order valence-corrected chi connectivity index (χ4v) is 3.75. The van der Waals surface area contributed by atoms with Gasteiger partial charge in [0.05, 0.1) is 0 Å². The molecule has 0 unspecified atom stereocenters. The molecule has 23 heavy (non-hydrogen) atoms. The van der Waals surface area contributed by atoms with Crippen molar-refractivity contribution in [1.29, 1.82) is 0 Å². The van der Waals surface area contributed by atoms with E-state index in [0.717, 1.165) is 5.57 Å². The standard InChI is InChI=1S/C23H32/c1-9-11-18(10-2)17(4)19-15-21-20(14-16(19)3)22(5,6)12-13-23(21,7)8/h9-11,14-15H,4,12-13H2,1-3,5-8H3/b11-9-,18-10+. The number of benzene rings is 1. The monoisotopic (exact) mass is 308 g/mol. The van der Waals surface area contributed by atoms with Crippen LogP contribution in [0.2, 0.25) is 0 Å². The van der Waals surface area contributed by atoms with Gasteiger partial charge in [0, 0.05) is 0 Å². The largest absolute Gasteiger partial charge is 0.0906 e. The Labute approximate surface area is 143 Å². The lowest BCUT2D eigenvalue weighted by Crippen LogP contribution is -2.34. The highest BCUT2D eigenvalue weighted by Gasteiger charge is 2.37. The third-order valence-electron chi connectivity index (χ3n) is 5.53. The van der Waals surface area contributed by atoms with Crippen LogP contribution in [0.1, 0.15) is 76.6 Å². The van der Waals surface area contributed by atoms with E-state index >= 15 is 0 Å². The first kappa shape index (κ1) is 17.8. The molecule has 1 aliphatic rings. The van der Waals surface area contributed by atoms with E-state index in [4.69, 9.17) is 0 Å². The second-order valence-electron chi connectivity index (χ2n) is 8.20. The van der Waals surface area contributed by atoms with Crippen molar-refractivity contribution in [2.75, 3.05) is 0 Å². The lowest BCUT2D eigenvalue weighted by Gasteiger charge is -2.42. The average Bonchev–Trinajstić information content (AvgIpc) is 2.48. The molecule has 1 aliphatic carbocycles. The third kappa shape index (κ3) is 3.22. The highest BCUT2D eigenvalue weighted by molar-refractivity contribution is 5.82. The zero-order valence-electron chi connectivity index (χ0n) is 16.0. The molecule has 0 N–H and O–H groups in total. The number of fused-ring (bicyclic) bond motifs is 1. The van der Waals surface area contributed by atoms with Crippen molar-refractivity contribution < 1.29 is 0 Å². The van der Waals surface area contributed by atoms with Crippen molar-refractivity contribution in [2.24, 2.45) is 0 Å². The quantitative estimate of drug-likeness (QED) is 0.534. The molecule has 0 aromatic heterocycles. The van der Waals surface area contributed by atoms with E-state index in [9.17, 15) is 0 Å². The van der Waals surface area contributed by atoms with Crippen molar-refractivity contribution in [3.63, 3.8) is 0 Å². The molecular weight excluding hydrogens is 276 g/mol. The zero-order valence-corrected chi connectivity index (χ0v) is 16.0. The zero-order chi connectivity index (χ0) is 17.4. The molecule has 0 radical (unpaired) electrons. The van der Waals surface area contributed by atoms with E-state index in [1.165, 1.54) is 40.7 Å². The van der Waals surface area contributed by atoms with E-state index in [1.54, 1.807) is 0 Å². The molecule has 0 fully saturated rings. The SMILES string of the molecule is C=C(C(/C=C\C)=C/C)c1cc2c(cc1C)C(C)(C)CCC2(C)C. The summed E-state index contributed by atoms with van der Waals surface area (Å²) >= 11 is 0. The Morgan fingerprint density at radius 3 is 2.00 bits per heavy atom. The van der Waals surface area contributed by atoms with Gasteiger partial charge in [-0.25, -0.2) is 0 Å². The molecule has 0 heterocycles. The van der Waals surface area contributed by atoms with Crippen LogP contribution < -0.4 is 0 Å². The number of hydrogen-bond acceptors (Lipinski definition) is 0. The Morgan fingerprint density at radius 2 is 1.52 bits per heavy atom. The van der Waals surface area contributed by atoms with Crippen LogP contribution in [-0.2, 0) is 10.8 Å². The van der Waals surface area contributed by atoms with E-state index in [0.29, 0.717) is 0 Å². The number of rotatable bonds is 3. The maximum Gasteiger partial charge on any atom is -0.0100 e. The van der Waals surface area contributed by atoms with Crippen LogP contribution in [-0.4, -0.2) is 0 Å². The van der Waals surface area contributed by atoms with Gasteiger partial charge in [-0.3, -0.25) is 0 Å². The first-order valence-electron chi connectivity index (χ1n) is 8.78. The molecule has 124 valence electrons. The minimum atomic E-state index is 0.240. The predicted octanol–water partition coefficient (Wildman–Crippen LogP) is 6.88. The van der Waals surface area contributed by atoms with Gasteiger partial charge in [-0.05, 0) is 77.8 Å². The topological polar surface area (TPSA) is 0 Å². The molecule has 1 aromatic carbocycles. The second-order valence-corrected chi connectivity index (χ2v) is 8.20. The molecule has 0 amide bonds. The molecule has 0 nitrogen and oxygen atoms in total. The fourth-order valence-electron chi connectivity index (χ4n) is 3.75. The van der Waals surface area contributed by atoms with Crippen molar-refractivity contribution in [2.45, 2.75) is 72.1 Å². The molecule has 0 heteroatoms. The second kappa shape index (κ2) is 6.15. The summed E-state index contributed by atoms with van der Waals surface area (Å²) in [6, 6.07) is 4.83. The summed E-state index contributed by atoms with van der Waals surface area (Å²) in [5, 5.41) is 0. The molecule has 0 spiro atoms. The van der Waals surface area contributed by atoms with Gasteiger partial charge in [0.25, 0.3) is 0 Å². The molecule has 0 atom stereocenters. The van der Waals surface area contributed by atoms with E-state index in [-0.39, 0.29) is 10.8 Å². The summed E-state index contributed by atoms with van der Waals surface area (Å²) < 4.78 is 0. The highest BCUT2D eigenvalue weighted by Crippen LogP contribution is 2.47. The van der Waals surface area contributed by atoms with Gasteiger partial charge in [0.2, 0.25) is 0 Å². The molecule has 1 aromatic rings. The number of allylic oxidation sites excluding steroid dienone is 5. The number of hydrogen-bond donors (Lipinski definition) is 0. The third-order valence-corrected chi connectivity index (χ3v) is 5.53. The Balaban J connectivity index is 2.64. The van der Waals surface area contributed by atoms with Crippen molar-refractivity contribution in [1.82, 2.24) is 0 Å². The Kier molecular flexibility index (Phi) is 4.76. The van der Waals surface area contributed by atoms with Crippen LogP contribution in [0, 0.1) is 6.92 Å². The van der Waals surface area contributed by atoms with Gasteiger partial charge in [-0.1, -0.05) is 64.6 Å². The van der Waals surface area contributed by atoms with Gasteiger partial charge in [-0.2, -0.15) is 0 Å². The molecule has 0 bridgehead atoms. The smallest absolute Gasteiger partial charge is 0.0100 e. The summed E-state index contributed by atoms with van der Waals surface area (Å²) in [6.07, 6.45) is 8.88. The van der Waals surface area contributed by atoms with E-state index in [2.05, 4.69) is 85.4 Å². The lowest BCUT2D eigenvalue weighted by molar-refractivity contribution is 0.331. The van der Waals surface area contributed by atoms with Crippen LogP contribution in [0.25, 0.3) is 5.57 Å². The Bertz CT molecular complexity index is 678. The van der Waals surface area contributed by atoms with Gasteiger partial charge >= 0.3 is 0 Å². The van der Waals surface area contributed by atoms with Gasteiger partial charge in [0.1, 0.15) is 0 Å². The molecule has 0 aliphatic heterocycles. The summed E-state index contributed by atoms with van der Waals surface area (Å²) in [5.41, 5.74) is 8.51. The van der Waals surface area contributed by atoms with Crippen LogP contribution in [0.4, 0.5) is 0 Å². The van der Waals surface area contributed by atoms with Crippen molar-refractivity contribution in [3.05, 3.63) is 64.8 Å². The normalized spacial score (nSPS) is 19.7. The van der Waals surface area contributed by atoms with Crippen LogP contribution in [0.5, 0.6) is 0 Å². The minimum Gasteiger partial charge on any atom is -0.0906 e. The highest BCUT2D eigenvalue weighted by atomic mass is 14.4. The first-order chi connectivity index (χ1) is 10.6. The van der Waals surface area contributed by atoms with E-state index < -0.39 is 0 Å². The predicted molar refractivity (Wildman–Crippen MR) is 104 cm³/mol. The summed E-state index contributed by atoms with van der Waals surface area (Å²) in [4.78, 5) is 0. The van der Waals surface area contributed by atoms with E-state index in [1.807, 2.05) is 0 Å². The maximum absolute atomic E-state index is 4.39. The Hall–Kier alpha value is -1.56. The average molecular weight is 309 g/mol. The number of aryl methyl sites for hydroxylation is 1. The van der Waals surface area contributed by atoms with Gasteiger partial charge in [-0.15, -0.1) is 0 Å². The molecule has 0 saturated carbocycles.